The van der Waals surface area contributed by atoms with Crippen LogP contribution in [0.25, 0.3) is 16.6 Å². The van der Waals surface area contributed by atoms with Crippen LogP contribution in [0, 0.1) is 0 Å². The zero-order valence-electron chi connectivity index (χ0n) is 14.4. The Kier molecular flexibility index (Phi) is 6.35. The van der Waals surface area contributed by atoms with Crippen LogP contribution >= 0.6 is 39.1 Å². The summed E-state index contributed by atoms with van der Waals surface area (Å²) in [5.41, 5.74) is 7.07. The molecule has 4 N–H and O–H groups in total. The molecule has 3 rings (SSSR count). The molecular formula is C18H15BrCl2N6O. The Morgan fingerprint density at radius 3 is 2.75 bits per heavy atom. The van der Waals surface area contributed by atoms with Crippen molar-refractivity contribution in [3.8, 4) is 5.69 Å². The van der Waals surface area contributed by atoms with Gasteiger partial charge in [0, 0.05) is 12.4 Å². The van der Waals surface area contributed by atoms with E-state index in [4.69, 9.17) is 28.9 Å². The van der Waals surface area contributed by atoms with Crippen LogP contribution in [0.1, 0.15) is 0 Å². The highest BCUT2D eigenvalue weighted by atomic mass is 79.9. The Morgan fingerprint density at radius 2 is 2.11 bits per heavy atom. The zero-order valence-corrected chi connectivity index (χ0v) is 17.5. The molecule has 0 bridgehead atoms. The molecule has 0 spiro atoms. The van der Waals surface area contributed by atoms with E-state index in [0.717, 1.165) is 6.34 Å². The van der Waals surface area contributed by atoms with E-state index in [2.05, 4.69) is 42.9 Å². The molecular weight excluding hydrogens is 467 g/mol. The number of nitrogens with two attached hydrogens (primary N) is 1. The molecule has 0 amide bonds. The number of aliphatic imine (C=N–C) groups is 1. The molecule has 10 heteroatoms. The van der Waals surface area contributed by atoms with Crippen molar-refractivity contribution < 1.29 is 5.11 Å². The van der Waals surface area contributed by atoms with Gasteiger partial charge in [-0.3, -0.25) is 0 Å². The fourth-order valence-corrected chi connectivity index (χ4v) is 3.41. The number of hydrogen-bond acceptors (Lipinski definition) is 5. The van der Waals surface area contributed by atoms with Crippen LogP contribution < -0.4 is 11.1 Å². The summed E-state index contributed by atoms with van der Waals surface area (Å²) in [4.78, 5) is 8.43. The van der Waals surface area contributed by atoms with E-state index in [-0.39, 0.29) is 6.61 Å². The van der Waals surface area contributed by atoms with E-state index in [0.29, 0.717) is 48.3 Å². The van der Waals surface area contributed by atoms with Gasteiger partial charge in [-0.2, -0.15) is 5.10 Å². The van der Waals surface area contributed by atoms with Gasteiger partial charge in [0.2, 0.25) is 0 Å². The Bertz CT molecular complexity index is 1090. The summed E-state index contributed by atoms with van der Waals surface area (Å²) in [5.74, 6) is 0.844. The standard InChI is InChI=1S/C18H15BrCl2N6O/c1-10(8-28)5-15(24-9-22)25-18-11-7-27(26-16(11)12(19)6-23-18)17-13(20)3-2-4-14(17)21/h2-7,9,28H,1,8H2,(H2,22,24)(H,23,25)/b15-5+. The second kappa shape index (κ2) is 8.74. The average Bonchev–Trinajstić information content (AvgIpc) is 3.10. The lowest BCUT2D eigenvalue weighted by atomic mass is 10.3. The molecule has 144 valence electrons. The lowest BCUT2D eigenvalue weighted by Gasteiger charge is -2.07. The predicted octanol–water partition coefficient (Wildman–Crippen LogP) is 4.28. The second-order valence-electron chi connectivity index (χ2n) is 5.61. The average molecular weight is 482 g/mol. The Hall–Kier alpha value is -2.39. The summed E-state index contributed by atoms with van der Waals surface area (Å²) >= 11 is 16.1. The third-order valence-electron chi connectivity index (χ3n) is 3.67. The molecule has 0 aliphatic heterocycles. The topological polar surface area (TPSA) is 101 Å². The third kappa shape index (κ3) is 4.20. The monoisotopic (exact) mass is 480 g/mol. The van der Waals surface area contributed by atoms with Crippen molar-refractivity contribution in [1.29, 1.82) is 0 Å². The molecule has 0 aliphatic rings. The van der Waals surface area contributed by atoms with Gasteiger partial charge in [-0.1, -0.05) is 35.8 Å². The molecule has 0 fully saturated rings. The lowest BCUT2D eigenvalue weighted by Crippen LogP contribution is -2.03. The quantitative estimate of drug-likeness (QED) is 0.277. The summed E-state index contributed by atoms with van der Waals surface area (Å²) in [6.45, 7) is 3.51. The number of para-hydroxylation sites is 1. The zero-order chi connectivity index (χ0) is 20.3. The summed E-state index contributed by atoms with van der Waals surface area (Å²) in [5, 5.41) is 18.5. The minimum atomic E-state index is -0.211. The van der Waals surface area contributed by atoms with Crippen molar-refractivity contribution in [3.63, 3.8) is 0 Å². The van der Waals surface area contributed by atoms with E-state index < -0.39 is 0 Å². The number of pyridine rings is 1. The van der Waals surface area contributed by atoms with Crippen molar-refractivity contribution in [2.24, 2.45) is 10.7 Å². The molecule has 1 aromatic carbocycles. The number of aromatic nitrogens is 3. The number of benzene rings is 1. The number of aliphatic hydroxyl groups excluding tert-OH is 1. The summed E-state index contributed by atoms with van der Waals surface area (Å²) < 4.78 is 2.29. The number of aliphatic hydroxyl groups is 1. The highest BCUT2D eigenvalue weighted by Gasteiger charge is 2.15. The van der Waals surface area contributed by atoms with E-state index in [1.807, 2.05) is 0 Å². The van der Waals surface area contributed by atoms with Crippen LogP contribution in [0.15, 0.2) is 64.1 Å². The van der Waals surface area contributed by atoms with Crippen LogP contribution in [0.2, 0.25) is 10.0 Å². The third-order valence-corrected chi connectivity index (χ3v) is 4.86. The number of anilines is 1. The van der Waals surface area contributed by atoms with Crippen LogP contribution in [0.5, 0.6) is 0 Å². The number of hydrogen-bond donors (Lipinski definition) is 3. The fraction of sp³-hybridized carbons (Fsp3) is 0.0556. The van der Waals surface area contributed by atoms with Gasteiger partial charge in [0.25, 0.3) is 0 Å². The normalized spacial score (nSPS) is 12.1. The van der Waals surface area contributed by atoms with Gasteiger partial charge in [-0.15, -0.1) is 0 Å². The number of fused-ring (bicyclic) bond motifs is 1. The Labute approximate surface area is 179 Å². The minimum Gasteiger partial charge on any atom is -0.392 e. The number of halogens is 3. The van der Waals surface area contributed by atoms with Crippen molar-refractivity contribution in [1.82, 2.24) is 14.8 Å². The Balaban J connectivity index is 2.13. The maximum absolute atomic E-state index is 9.19. The van der Waals surface area contributed by atoms with E-state index in [1.54, 1.807) is 41.4 Å². The summed E-state index contributed by atoms with van der Waals surface area (Å²) in [6, 6.07) is 5.23. The molecule has 0 aliphatic carbocycles. The van der Waals surface area contributed by atoms with Gasteiger partial charge in [0.15, 0.2) is 0 Å². The number of rotatable bonds is 6. The van der Waals surface area contributed by atoms with Crippen LogP contribution in [0.4, 0.5) is 5.82 Å². The molecule has 0 saturated carbocycles. The number of nitrogens with zero attached hydrogens (tertiary/aromatic N) is 4. The maximum atomic E-state index is 9.19. The van der Waals surface area contributed by atoms with Crippen molar-refractivity contribution in [3.05, 3.63) is 69.2 Å². The van der Waals surface area contributed by atoms with Crippen LogP contribution in [-0.2, 0) is 0 Å². The van der Waals surface area contributed by atoms with Crippen molar-refractivity contribution in [2.75, 3.05) is 11.9 Å². The predicted molar refractivity (Wildman–Crippen MR) is 117 cm³/mol. The number of nitrogens with one attached hydrogen (secondary N) is 1. The first-order valence-electron chi connectivity index (χ1n) is 7.94. The fourth-order valence-electron chi connectivity index (χ4n) is 2.44. The largest absolute Gasteiger partial charge is 0.392 e. The van der Waals surface area contributed by atoms with Gasteiger partial charge >= 0.3 is 0 Å². The lowest BCUT2D eigenvalue weighted by molar-refractivity contribution is 0.335. The molecule has 0 saturated heterocycles. The molecule has 2 aromatic heterocycles. The van der Waals surface area contributed by atoms with Gasteiger partial charge in [0.1, 0.15) is 22.8 Å². The van der Waals surface area contributed by atoms with Crippen molar-refractivity contribution in [2.45, 2.75) is 0 Å². The minimum absolute atomic E-state index is 0.211. The molecule has 2 heterocycles. The van der Waals surface area contributed by atoms with Gasteiger partial charge in [0.05, 0.1) is 32.8 Å². The molecule has 7 nitrogen and oxygen atoms in total. The van der Waals surface area contributed by atoms with Gasteiger partial charge in [-0.25, -0.2) is 14.7 Å². The van der Waals surface area contributed by atoms with Gasteiger partial charge < -0.3 is 16.2 Å². The highest BCUT2D eigenvalue weighted by Crippen LogP contribution is 2.33. The molecule has 3 aromatic rings. The van der Waals surface area contributed by atoms with E-state index >= 15 is 0 Å². The van der Waals surface area contributed by atoms with Crippen molar-refractivity contribution >= 4 is 62.2 Å². The maximum Gasteiger partial charge on any atom is 0.142 e. The molecule has 0 atom stereocenters. The molecule has 28 heavy (non-hydrogen) atoms. The van der Waals surface area contributed by atoms with E-state index in [1.165, 1.54) is 0 Å². The SMILES string of the molecule is C=C(/C=C(\N=CN)Nc1ncc(Br)c2nn(-c3c(Cl)cccc3Cl)cc12)CO. The first kappa shape index (κ1) is 20.3. The smallest absolute Gasteiger partial charge is 0.142 e. The van der Waals surface area contributed by atoms with Crippen LogP contribution in [-0.4, -0.2) is 32.8 Å². The summed E-state index contributed by atoms with van der Waals surface area (Å²) in [6.07, 6.45) is 6.06. The first-order valence-corrected chi connectivity index (χ1v) is 9.49. The first-order chi connectivity index (χ1) is 13.4. The molecule has 0 unspecified atom stereocenters. The molecule has 0 radical (unpaired) electrons. The van der Waals surface area contributed by atoms with Gasteiger partial charge in [-0.05, 0) is 39.7 Å². The van der Waals surface area contributed by atoms with E-state index in [9.17, 15) is 5.11 Å². The summed E-state index contributed by atoms with van der Waals surface area (Å²) in [7, 11) is 0. The Morgan fingerprint density at radius 1 is 1.39 bits per heavy atom. The van der Waals surface area contributed by atoms with Crippen LogP contribution in [0.3, 0.4) is 0 Å². The second-order valence-corrected chi connectivity index (χ2v) is 7.28. The highest BCUT2D eigenvalue weighted by molar-refractivity contribution is 9.10.